The van der Waals surface area contributed by atoms with Crippen LogP contribution in [0, 0.1) is 0 Å². The highest BCUT2D eigenvalue weighted by atomic mass is 16.1. The van der Waals surface area contributed by atoms with E-state index in [9.17, 15) is 4.79 Å². The summed E-state index contributed by atoms with van der Waals surface area (Å²) in [6.45, 7) is 1.96. The van der Waals surface area contributed by atoms with E-state index in [-0.39, 0.29) is 0 Å². The summed E-state index contributed by atoms with van der Waals surface area (Å²) in [5.41, 5.74) is 3.55. The minimum atomic E-state index is 0.706. The van der Waals surface area contributed by atoms with Gasteiger partial charge in [-0.1, -0.05) is 6.07 Å². The van der Waals surface area contributed by atoms with Gasteiger partial charge in [-0.15, -0.1) is 0 Å². The largest absolute Gasteiger partial charge is 0.329 e. The van der Waals surface area contributed by atoms with Crippen LogP contribution in [0.25, 0.3) is 0 Å². The maximum absolute atomic E-state index is 10.2. The van der Waals surface area contributed by atoms with Gasteiger partial charge in [0.05, 0.1) is 0 Å². The molecule has 3 heteroatoms. The first-order chi connectivity index (χ1) is 6.40. The summed E-state index contributed by atoms with van der Waals surface area (Å²) in [6.07, 6.45) is 1.79. The van der Waals surface area contributed by atoms with Crippen molar-refractivity contribution >= 4 is 12.1 Å². The number of hydrogen-bond donors (Lipinski definition) is 2. The van der Waals surface area contributed by atoms with Crippen LogP contribution in [-0.2, 0) is 17.8 Å². The van der Waals surface area contributed by atoms with E-state index in [0.29, 0.717) is 6.41 Å². The third kappa shape index (κ3) is 1.70. The second kappa shape index (κ2) is 3.58. The van der Waals surface area contributed by atoms with Crippen molar-refractivity contribution in [2.75, 3.05) is 11.9 Å². The number of anilines is 1. The Hall–Kier alpha value is -1.35. The van der Waals surface area contributed by atoms with Gasteiger partial charge in [0.2, 0.25) is 6.41 Å². The Balaban J connectivity index is 2.29. The van der Waals surface area contributed by atoms with Crippen LogP contribution >= 0.6 is 0 Å². The lowest BCUT2D eigenvalue weighted by Crippen LogP contribution is -2.23. The average molecular weight is 176 g/mol. The lowest BCUT2D eigenvalue weighted by molar-refractivity contribution is -0.105. The van der Waals surface area contributed by atoms with Gasteiger partial charge in [0, 0.05) is 12.2 Å². The first kappa shape index (κ1) is 8.26. The number of hydrogen-bond acceptors (Lipinski definition) is 2. The average Bonchev–Trinajstić information content (AvgIpc) is 2.18. The molecule has 0 unspecified atom stereocenters. The van der Waals surface area contributed by atoms with Crippen molar-refractivity contribution in [3.8, 4) is 0 Å². The number of nitrogens with one attached hydrogen (secondary N) is 2. The molecule has 0 radical (unpaired) electrons. The Morgan fingerprint density at radius 1 is 1.38 bits per heavy atom. The molecule has 0 aromatic heterocycles. The van der Waals surface area contributed by atoms with Gasteiger partial charge in [0.25, 0.3) is 0 Å². The summed E-state index contributed by atoms with van der Waals surface area (Å²) in [6, 6.07) is 6.05. The van der Waals surface area contributed by atoms with E-state index in [4.69, 9.17) is 0 Å². The van der Waals surface area contributed by atoms with E-state index in [1.165, 1.54) is 11.1 Å². The molecule has 0 spiro atoms. The molecular weight excluding hydrogens is 164 g/mol. The minimum Gasteiger partial charge on any atom is -0.329 e. The molecule has 68 valence electrons. The first-order valence-electron chi connectivity index (χ1n) is 4.43. The van der Waals surface area contributed by atoms with Crippen molar-refractivity contribution in [2.24, 2.45) is 0 Å². The molecule has 2 rings (SSSR count). The summed E-state index contributed by atoms with van der Waals surface area (Å²) >= 11 is 0. The molecule has 0 saturated carbocycles. The zero-order valence-corrected chi connectivity index (χ0v) is 7.34. The SMILES string of the molecule is O=CNc1ccc2c(c1)CNCC2. The number of benzene rings is 1. The van der Waals surface area contributed by atoms with Gasteiger partial charge in [-0.2, -0.15) is 0 Å². The number of amides is 1. The molecule has 0 atom stereocenters. The van der Waals surface area contributed by atoms with Crippen molar-refractivity contribution in [3.63, 3.8) is 0 Å². The Morgan fingerprint density at radius 3 is 3.15 bits per heavy atom. The molecule has 0 saturated heterocycles. The van der Waals surface area contributed by atoms with Gasteiger partial charge < -0.3 is 10.6 Å². The van der Waals surface area contributed by atoms with Crippen LogP contribution in [0.5, 0.6) is 0 Å². The van der Waals surface area contributed by atoms with E-state index in [0.717, 1.165) is 25.2 Å². The molecule has 0 aliphatic carbocycles. The predicted molar refractivity (Wildman–Crippen MR) is 51.5 cm³/mol. The van der Waals surface area contributed by atoms with E-state index in [2.05, 4.69) is 16.7 Å². The highest BCUT2D eigenvalue weighted by Gasteiger charge is 2.07. The molecule has 2 N–H and O–H groups in total. The maximum Gasteiger partial charge on any atom is 0.211 e. The van der Waals surface area contributed by atoms with Gasteiger partial charge in [-0.3, -0.25) is 4.79 Å². The quantitative estimate of drug-likeness (QED) is 0.657. The molecular formula is C10H12N2O. The van der Waals surface area contributed by atoms with E-state index < -0.39 is 0 Å². The first-order valence-corrected chi connectivity index (χ1v) is 4.43. The molecule has 1 aliphatic rings. The Labute approximate surface area is 77.1 Å². The standard InChI is InChI=1S/C10H12N2O/c13-7-12-10-2-1-8-3-4-11-6-9(8)5-10/h1-2,5,7,11H,3-4,6H2,(H,12,13). The summed E-state index contributed by atoms with van der Waals surface area (Å²) in [5, 5.41) is 5.94. The van der Waals surface area contributed by atoms with Crippen molar-refractivity contribution < 1.29 is 4.79 Å². The fourth-order valence-electron chi connectivity index (χ4n) is 1.64. The topological polar surface area (TPSA) is 41.1 Å². The molecule has 0 fully saturated rings. The molecule has 13 heavy (non-hydrogen) atoms. The summed E-state index contributed by atoms with van der Waals surface area (Å²) < 4.78 is 0. The molecule has 1 heterocycles. The highest BCUT2D eigenvalue weighted by molar-refractivity contribution is 5.71. The lowest BCUT2D eigenvalue weighted by atomic mass is 10.0. The van der Waals surface area contributed by atoms with Crippen LogP contribution in [-0.4, -0.2) is 13.0 Å². The third-order valence-electron chi connectivity index (χ3n) is 2.32. The fourth-order valence-corrected chi connectivity index (χ4v) is 1.64. The monoisotopic (exact) mass is 176 g/mol. The maximum atomic E-state index is 10.2. The van der Waals surface area contributed by atoms with Gasteiger partial charge in [0.15, 0.2) is 0 Å². The third-order valence-corrected chi connectivity index (χ3v) is 2.32. The van der Waals surface area contributed by atoms with E-state index >= 15 is 0 Å². The Morgan fingerprint density at radius 2 is 2.31 bits per heavy atom. The molecule has 1 aromatic carbocycles. The predicted octanol–water partition coefficient (Wildman–Crippen LogP) is 0.901. The molecule has 3 nitrogen and oxygen atoms in total. The fraction of sp³-hybridized carbons (Fsp3) is 0.300. The second-order valence-corrected chi connectivity index (χ2v) is 3.17. The number of fused-ring (bicyclic) bond motifs is 1. The van der Waals surface area contributed by atoms with Crippen LogP contribution in [0.4, 0.5) is 5.69 Å². The smallest absolute Gasteiger partial charge is 0.211 e. The van der Waals surface area contributed by atoms with Crippen molar-refractivity contribution in [3.05, 3.63) is 29.3 Å². The molecule has 1 aromatic rings. The molecule has 1 aliphatic heterocycles. The van der Waals surface area contributed by atoms with E-state index in [1.807, 2.05) is 12.1 Å². The number of carbonyl (C=O) groups excluding carboxylic acids is 1. The lowest BCUT2D eigenvalue weighted by Gasteiger charge is -2.17. The van der Waals surface area contributed by atoms with Crippen LogP contribution < -0.4 is 10.6 Å². The van der Waals surface area contributed by atoms with Gasteiger partial charge in [-0.05, 0) is 36.2 Å². The Kier molecular flexibility index (Phi) is 2.27. The minimum absolute atomic E-state index is 0.706. The zero-order valence-electron chi connectivity index (χ0n) is 7.34. The Bertz CT molecular complexity index is 323. The van der Waals surface area contributed by atoms with Gasteiger partial charge in [0.1, 0.15) is 0 Å². The van der Waals surface area contributed by atoms with Crippen LogP contribution in [0.3, 0.4) is 0 Å². The highest BCUT2D eigenvalue weighted by Crippen LogP contribution is 2.18. The molecule has 0 bridgehead atoms. The van der Waals surface area contributed by atoms with Crippen molar-refractivity contribution in [1.82, 2.24) is 5.32 Å². The van der Waals surface area contributed by atoms with Gasteiger partial charge in [-0.25, -0.2) is 0 Å². The summed E-state index contributed by atoms with van der Waals surface area (Å²) in [4.78, 5) is 10.2. The van der Waals surface area contributed by atoms with Crippen molar-refractivity contribution in [1.29, 1.82) is 0 Å². The summed E-state index contributed by atoms with van der Waals surface area (Å²) in [7, 11) is 0. The zero-order chi connectivity index (χ0) is 9.10. The van der Waals surface area contributed by atoms with Crippen LogP contribution in [0.15, 0.2) is 18.2 Å². The van der Waals surface area contributed by atoms with Gasteiger partial charge >= 0.3 is 0 Å². The van der Waals surface area contributed by atoms with Crippen LogP contribution in [0.1, 0.15) is 11.1 Å². The number of rotatable bonds is 2. The van der Waals surface area contributed by atoms with Crippen molar-refractivity contribution in [2.45, 2.75) is 13.0 Å². The second-order valence-electron chi connectivity index (χ2n) is 3.17. The van der Waals surface area contributed by atoms with Crippen LogP contribution in [0.2, 0.25) is 0 Å². The van der Waals surface area contributed by atoms with E-state index in [1.54, 1.807) is 0 Å². The number of carbonyl (C=O) groups is 1. The molecule has 1 amide bonds. The normalized spacial score (nSPS) is 14.8. The summed E-state index contributed by atoms with van der Waals surface area (Å²) in [5.74, 6) is 0.